The molecule has 0 aromatic heterocycles. The van der Waals surface area contributed by atoms with Crippen LogP contribution in [0.4, 0.5) is 0 Å². The summed E-state index contributed by atoms with van der Waals surface area (Å²) in [6.07, 6.45) is 11.5. The Bertz CT molecular complexity index is 370. The van der Waals surface area contributed by atoms with Crippen molar-refractivity contribution in [2.24, 2.45) is 11.8 Å². The van der Waals surface area contributed by atoms with Crippen LogP contribution in [0.5, 0.6) is 0 Å². The lowest BCUT2D eigenvalue weighted by atomic mass is 10.0. The predicted octanol–water partition coefficient (Wildman–Crippen LogP) is 2.65. The third kappa shape index (κ3) is 1.93. The summed E-state index contributed by atoms with van der Waals surface area (Å²) >= 11 is 0. The van der Waals surface area contributed by atoms with E-state index in [1.807, 2.05) is 0 Å². The van der Waals surface area contributed by atoms with Crippen LogP contribution in [0, 0.1) is 11.8 Å². The molecule has 20 heavy (non-hydrogen) atoms. The van der Waals surface area contributed by atoms with Crippen LogP contribution in [0.25, 0.3) is 0 Å². The standard InChI is InChI=1S/C17H28N2O/c20-16(18-9-3-4-10-18)13-17(19-11-5-6-12-19)14-7-1-2-8-15(14)17/h14-15H,1-13H2/t14-,15+,17?. The molecular formula is C17H28N2O. The van der Waals surface area contributed by atoms with Crippen molar-refractivity contribution in [3.8, 4) is 0 Å². The van der Waals surface area contributed by atoms with Crippen LogP contribution >= 0.6 is 0 Å². The molecule has 2 heterocycles. The van der Waals surface area contributed by atoms with Crippen molar-refractivity contribution in [3.05, 3.63) is 0 Å². The first-order valence-corrected chi connectivity index (χ1v) is 8.85. The smallest absolute Gasteiger partial charge is 0.224 e. The molecule has 4 rings (SSSR count). The first kappa shape index (κ1) is 13.1. The van der Waals surface area contributed by atoms with Gasteiger partial charge in [-0.15, -0.1) is 0 Å². The van der Waals surface area contributed by atoms with E-state index in [9.17, 15) is 4.79 Å². The second kappa shape index (κ2) is 5.01. The van der Waals surface area contributed by atoms with Crippen LogP contribution in [-0.2, 0) is 4.79 Å². The van der Waals surface area contributed by atoms with E-state index in [0.29, 0.717) is 11.4 Å². The van der Waals surface area contributed by atoms with E-state index < -0.39 is 0 Å². The highest BCUT2D eigenvalue weighted by atomic mass is 16.2. The largest absolute Gasteiger partial charge is 0.343 e. The summed E-state index contributed by atoms with van der Waals surface area (Å²) < 4.78 is 0. The number of likely N-dealkylation sites (tertiary alicyclic amines) is 2. The van der Waals surface area contributed by atoms with Gasteiger partial charge in [-0.25, -0.2) is 0 Å². The van der Waals surface area contributed by atoms with Gasteiger partial charge in [-0.2, -0.15) is 0 Å². The van der Waals surface area contributed by atoms with Crippen molar-refractivity contribution in [2.75, 3.05) is 26.2 Å². The van der Waals surface area contributed by atoms with E-state index in [0.717, 1.165) is 31.3 Å². The van der Waals surface area contributed by atoms with E-state index in [-0.39, 0.29) is 0 Å². The highest BCUT2D eigenvalue weighted by Gasteiger charge is 2.67. The first-order valence-electron chi connectivity index (χ1n) is 8.85. The van der Waals surface area contributed by atoms with Gasteiger partial charge >= 0.3 is 0 Å². The molecule has 3 atom stereocenters. The Morgan fingerprint density at radius 3 is 2.00 bits per heavy atom. The van der Waals surface area contributed by atoms with Crippen molar-refractivity contribution in [1.29, 1.82) is 0 Å². The molecule has 1 amide bonds. The SMILES string of the molecule is O=C(CC1(N2CCCC2)[C@@H]2CCCC[C@@H]21)N1CCCC1. The zero-order valence-corrected chi connectivity index (χ0v) is 12.6. The summed E-state index contributed by atoms with van der Waals surface area (Å²) in [5.74, 6) is 2.16. The third-order valence-corrected chi connectivity index (χ3v) is 6.53. The second-order valence-electron chi connectivity index (χ2n) is 7.45. The van der Waals surface area contributed by atoms with Crippen LogP contribution in [-0.4, -0.2) is 47.4 Å². The van der Waals surface area contributed by atoms with Crippen LogP contribution in [0.15, 0.2) is 0 Å². The monoisotopic (exact) mass is 276 g/mol. The molecule has 0 spiro atoms. The molecule has 2 aliphatic heterocycles. The normalized spacial score (nSPS) is 40.9. The molecule has 0 aromatic carbocycles. The van der Waals surface area contributed by atoms with Gasteiger partial charge in [-0.05, 0) is 63.5 Å². The van der Waals surface area contributed by atoms with E-state index in [1.165, 1.54) is 64.5 Å². The molecule has 4 fully saturated rings. The molecule has 2 saturated heterocycles. The first-order chi connectivity index (χ1) is 9.82. The van der Waals surface area contributed by atoms with Gasteiger partial charge in [-0.3, -0.25) is 9.69 Å². The van der Waals surface area contributed by atoms with E-state index in [4.69, 9.17) is 0 Å². The Labute approximate surface area is 122 Å². The topological polar surface area (TPSA) is 23.6 Å². The van der Waals surface area contributed by atoms with Gasteiger partial charge in [0.25, 0.3) is 0 Å². The molecular weight excluding hydrogens is 248 g/mol. The van der Waals surface area contributed by atoms with Crippen LogP contribution in [0.1, 0.15) is 57.8 Å². The molecule has 112 valence electrons. The van der Waals surface area contributed by atoms with Gasteiger partial charge in [0.15, 0.2) is 0 Å². The van der Waals surface area contributed by atoms with Crippen molar-refractivity contribution < 1.29 is 4.79 Å². The second-order valence-corrected chi connectivity index (χ2v) is 7.45. The summed E-state index contributed by atoms with van der Waals surface area (Å²) in [7, 11) is 0. The minimum atomic E-state index is 0.298. The number of carbonyl (C=O) groups excluding carboxylic acids is 1. The average Bonchev–Trinajstić information content (AvgIpc) is 2.98. The lowest BCUT2D eigenvalue weighted by Gasteiger charge is -2.31. The zero-order chi connectivity index (χ0) is 13.6. The fourth-order valence-electron chi connectivity index (χ4n) is 5.52. The van der Waals surface area contributed by atoms with Gasteiger partial charge < -0.3 is 4.90 Å². The fourth-order valence-corrected chi connectivity index (χ4v) is 5.52. The number of fused-ring (bicyclic) bond motifs is 1. The number of hydrogen-bond donors (Lipinski definition) is 0. The van der Waals surface area contributed by atoms with Crippen LogP contribution in [0.2, 0.25) is 0 Å². The molecule has 2 saturated carbocycles. The highest BCUT2D eigenvalue weighted by Crippen LogP contribution is 2.64. The summed E-state index contributed by atoms with van der Waals surface area (Å²) in [4.78, 5) is 17.6. The molecule has 3 nitrogen and oxygen atoms in total. The maximum atomic E-state index is 12.7. The zero-order valence-electron chi connectivity index (χ0n) is 12.6. The van der Waals surface area contributed by atoms with Crippen molar-refractivity contribution >= 4 is 5.91 Å². The van der Waals surface area contributed by atoms with Gasteiger partial charge in [0.1, 0.15) is 0 Å². The van der Waals surface area contributed by atoms with E-state index in [2.05, 4.69) is 9.80 Å². The number of rotatable bonds is 3. The molecule has 1 unspecified atom stereocenters. The molecule has 0 aromatic rings. The predicted molar refractivity (Wildman–Crippen MR) is 79.4 cm³/mol. The maximum Gasteiger partial charge on any atom is 0.224 e. The Morgan fingerprint density at radius 1 is 0.850 bits per heavy atom. The molecule has 0 bridgehead atoms. The Hall–Kier alpha value is -0.570. The number of amides is 1. The highest BCUT2D eigenvalue weighted by molar-refractivity contribution is 5.78. The van der Waals surface area contributed by atoms with Crippen molar-refractivity contribution in [3.63, 3.8) is 0 Å². The van der Waals surface area contributed by atoms with Crippen molar-refractivity contribution in [2.45, 2.75) is 63.3 Å². The molecule has 3 heteroatoms. The number of hydrogen-bond acceptors (Lipinski definition) is 2. The minimum Gasteiger partial charge on any atom is -0.343 e. The van der Waals surface area contributed by atoms with E-state index in [1.54, 1.807) is 0 Å². The molecule has 2 aliphatic carbocycles. The Balaban J connectivity index is 1.51. The van der Waals surface area contributed by atoms with Gasteiger partial charge in [0.05, 0.1) is 0 Å². The number of nitrogens with zero attached hydrogens (tertiary/aromatic N) is 2. The summed E-state index contributed by atoms with van der Waals surface area (Å²) in [6.45, 7) is 4.54. The van der Waals surface area contributed by atoms with Gasteiger partial charge in [0, 0.05) is 25.0 Å². The number of carbonyl (C=O) groups is 1. The van der Waals surface area contributed by atoms with Gasteiger partial charge in [0.2, 0.25) is 5.91 Å². The Kier molecular flexibility index (Phi) is 3.29. The quantitative estimate of drug-likeness (QED) is 0.791. The lowest BCUT2D eigenvalue weighted by Crippen LogP contribution is -2.43. The lowest BCUT2D eigenvalue weighted by molar-refractivity contribution is -0.132. The summed E-state index contributed by atoms with van der Waals surface area (Å²) in [5, 5.41) is 0. The van der Waals surface area contributed by atoms with E-state index >= 15 is 0 Å². The maximum absolute atomic E-state index is 12.7. The molecule has 4 aliphatic rings. The summed E-state index contributed by atoms with van der Waals surface area (Å²) in [5.41, 5.74) is 0.298. The third-order valence-electron chi connectivity index (χ3n) is 6.53. The Morgan fingerprint density at radius 2 is 1.40 bits per heavy atom. The fraction of sp³-hybridized carbons (Fsp3) is 0.941. The van der Waals surface area contributed by atoms with Crippen LogP contribution in [0.3, 0.4) is 0 Å². The average molecular weight is 276 g/mol. The molecule has 0 N–H and O–H groups in total. The molecule has 0 radical (unpaired) electrons. The van der Waals surface area contributed by atoms with Crippen LogP contribution < -0.4 is 0 Å². The minimum absolute atomic E-state index is 0.298. The van der Waals surface area contributed by atoms with Crippen molar-refractivity contribution in [1.82, 2.24) is 9.80 Å². The summed E-state index contributed by atoms with van der Waals surface area (Å²) in [6, 6.07) is 0. The van der Waals surface area contributed by atoms with Gasteiger partial charge in [-0.1, -0.05) is 12.8 Å².